The molecule has 0 aliphatic carbocycles. The molecule has 2 heterocycles. The van der Waals surface area contributed by atoms with E-state index in [2.05, 4.69) is 41.0 Å². The van der Waals surface area contributed by atoms with Gasteiger partial charge in [-0.1, -0.05) is 6.92 Å². The lowest BCUT2D eigenvalue weighted by Gasteiger charge is -2.38. The van der Waals surface area contributed by atoms with Crippen LogP contribution in [0, 0.1) is 5.82 Å². The highest BCUT2D eigenvalue weighted by molar-refractivity contribution is 5.43. The summed E-state index contributed by atoms with van der Waals surface area (Å²) >= 11 is 0. The van der Waals surface area contributed by atoms with Gasteiger partial charge in [-0.3, -0.25) is 0 Å². The van der Waals surface area contributed by atoms with Crippen LogP contribution in [0.3, 0.4) is 0 Å². The Morgan fingerprint density at radius 3 is 2.95 bits per heavy atom. The lowest BCUT2D eigenvalue weighted by atomic mass is 10.2. The van der Waals surface area contributed by atoms with Crippen molar-refractivity contribution in [1.82, 2.24) is 15.2 Å². The van der Waals surface area contributed by atoms with Gasteiger partial charge in [-0.05, 0) is 33.0 Å². The van der Waals surface area contributed by atoms with Gasteiger partial charge < -0.3 is 15.1 Å². The summed E-state index contributed by atoms with van der Waals surface area (Å²) in [6.45, 7) is 8.34. The van der Waals surface area contributed by atoms with Crippen molar-refractivity contribution in [3.63, 3.8) is 0 Å². The maximum Gasteiger partial charge on any atom is 0.170 e. The maximum atomic E-state index is 14.6. The summed E-state index contributed by atoms with van der Waals surface area (Å²) in [6.07, 6.45) is 2.76. The van der Waals surface area contributed by atoms with E-state index < -0.39 is 0 Å². The number of nitrogens with one attached hydrogen (secondary N) is 1. The summed E-state index contributed by atoms with van der Waals surface area (Å²) in [5.74, 6) is 0.327. The van der Waals surface area contributed by atoms with E-state index in [9.17, 15) is 4.39 Å². The van der Waals surface area contributed by atoms with E-state index in [0.717, 1.165) is 32.6 Å². The van der Waals surface area contributed by atoms with Gasteiger partial charge in [0.1, 0.15) is 0 Å². The Kier molecular flexibility index (Phi) is 5.31. The second kappa shape index (κ2) is 6.99. The topological polar surface area (TPSA) is 31.4 Å². The van der Waals surface area contributed by atoms with Crippen LogP contribution in [0.1, 0.15) is 25.8 Å². The summed E-state index contributed by atoms with van der Waals surface area (Å²) in [4.78, 5) is 8.61. The Bertz CT molecular complexity index is 438. The van der Waals surface area contributed by atoms with Crippen molar-refractivity contribution in [3.05, 3.63) is 23.6 Å². The molecule has 1 N–H and O–H groups in total. The Morgan fingerprint density at radius 1 is 1.45 bits per heavy atom. The minimum absolute atomic E-state index is 0.173. The van der Waals surface area contributed by atoms with Crippen molar-refractivity contribution < 1.29 is 4.39 Å². The third-order valence-electron chi connectivity index (χ3n) is 3.95. The van der Waals surface area contributed by atoms with Gasteiger partial charge in [0.25, 0.3) is 0 Å². The number of pyridine rings is 1. The normalized spacial score (nSPS) is 20.4. The average molecular weight is 280 g/mol. The van der Waals surface area contributed by atoms with Crippen LogP contribution in [0.4, 0.5) is 10.2 Å². The molecule has 0 amide bonds. The Labute approximate surface area is 121 Å². The molecule has 0 aromatic carbocycles. The second-order valence-electron chi connectivity index (χ2n) is 5.56. The molecule has 1 atom stereocenters. The number of piperazine rings is 1. The molecule has 1 aliphatic rings. The Morgan fingerprint density at radius 2 is 2.25 bits per heavy atom. The van der Waals surface area contributed by atoms with Gasteiger partial charge in [-0.15, -0.1) is 0 Å². The second-order valence-corrected chi connectivity index (χ2v) is 5.56. The first-order valence-electron chi connectivity index (χ1n) is 7.42. The molecule has 1 aliphatic heterocycles. The molecule has 1 unspecified atom stereocenters. The summed E-state index contributed by atoms with van der Waals surface area (Å²) in [6, 6.07) is 2.19. The predicted molar refractivity (Wildman–Crippen MR) is 80.5 cm³/mol. The zero-order chi connectivity index (χ0) is 14.5. The number of rotatable bonds is 5. The minimum Gasteiger partial charge on any atom is -0.351 e. The fourth-order valence-electron chi connectivity index (χ4n) is 2.47. The summed E-state index contributed by atoms with van der Waals surface area (Å²) in [5, 5.41) is 3.24. The molecule has 20 heavy (non-hydrogen) atoms. The fourth-order valence-corrected chi connectivity index (χ4v) is 2.47. The van der Waals surface area contributed by atoms with E-state index in [-0.39, 0.29) is 5.82 Å². The van der Waals surface area contributed by atoms with E-state index in [4.69, 9.17) is 0 Å². The van der Waals surface area contributed by atoms with E-state index >= 15 is 0 Å². The van der Waals surface area contributed by atoms with Gasteiger partial charge in [0.05, 0.1) is 0 Å². The monoisotopic (exact) mass is 280 g/mol. The molecule has 112 valence electrons. The Balaban J connectivity index is 2.10. The van der Waals surface area contributed by atoms with Crippen molar-refractivity contribution in [1.29, 1.82) is 0 Å². The number of anilines is 1. The van der Waals surface area contributed by atoms with Gasteiger partial charge in [0.15, 0.2) is 11.6 Å². The van der Waals surface area contributed by atoms with Crippen molar-refractivity contribution in [2.45, 2.75) is 32.9 Å². The van der Waals surface area contributed by atoms with Gasteiger partial charge in [-0.25, -0.2) is 9.37 Å². The fraction of sp³-hybridized carbons (Fsp3) is 0.667. The molecule has 1 saturated heterocycles. The molecule has 1 aromatic heterocycles. The van der Waals surface area contributed by atoms with Crippen LogP contribution < -0.4 is 10.2 Å². The first kappa shape index (κ1) is 15.2. The average Bonchev–Trinajstić information content (AvgIpc) is 2.44. The quantitative estimate of drug-likeness (QED) is 0.834. The van der Waals surface area contributed by atoms with Crippen LogP contribution in [0.15, 0.2) is 12.3 Å². The highest BCUT2D eigenvalue weighted by Gasteiger charge is 2.24. The first-order chi connectivity index (χ1) is 9.63. The molecule has 0 saturated carbocycles. The third kappa shape index (κ3) is 3.46. The molecule has 4 nitrogen and oxygen atoms in total. The maximum absolute atomic E-state index is 14.6. The molecule has 1 aromatic rings. The number of aromatic nitrogens is 1. The number of nitrogens with zero attached hydrogens (tertiary/aromatic N) is 3. The molecule has 2 rings (SSSR count). The zero-order valence-corrected chi connectivity index (χ0v) is 12.7. The molecule has 0 spiro atoms. The summed E-state index contributed by atoms with van der Waals surface area (Å²) in [7, 11) is 2.11. The molecular weight excluding hydrogens is 255 g/mol. The number of hydrogen-bond donors (Lipinski definition) is 1. The van der Waals surface area contributed by atoms with Crippen molar-refractivity contribution in [2.75, 3.05) is 38.1 Å². The minimum atomic E-state index is -0.173. The van der Waals surface area contributed by atoms with Crippen LogP contribution in [-0.4, -0.2) is 49.2 Å². The first-order valence-corrected chi connectivity index (χ1v) is 7.42. The van der Waals surface area contributed by atoms with Crippen molar-refractivity contribution in [2.24, 2.45) is 0 Å². The zero-order valence-electron chi connectivity index (χ0n) is 12.7. The molecule has 0 bridgehead atoms. The smallest absolute Gasteiger partial charge is 0.170 e. The van der Waals surface area contributed by atoms with E-state index in [0.29, 0.717) is 24.0 Å². The Hall–Kier alpha value is -1.20. The van der Waals surface area contributed by atoms with E-state index in [1.54, 1.807) is 12.3 Å². The van der Waals surface area contributed by atoms with Crippen LogP contribution in [0.2, 0.25) is 0 Å². The van der Waals surface area contributed by atoms with Crippen molar-refractivity contribution in [3.8, 4) is 0 Å². The third-order valence-corrected chi connectivity index (χ3v) is 3.95. The van der Waals surface area contributed by atoms with Crippen LogP contribution in [0.5, 0.6) is 0 Å². The largest absolute Gasteiger partial charge is 0.351 e. The molecule has 0 radical (unpaired) electrons. The standard InChI is InChI=1S/C15H25FN4/c1-4-6-17-10-13-5-7-18-15(14(13)16)20-9-8-19(3)12(2)11-20/h5,7,12,17H,4,6,8-11H2,1-3H3. The number of likely N-dealkylation sites (N-methyl/N-ethyl adjacent to an activating group) is 1. The number of hydrogen-bond acceptors (Lipinski definition) is 4. The highest BCUT2D eigenvalue weighted by atomic mass is 19.1. The van der Waals surface area contributed by atoms with Crippen LogP contribution >= 0.6 is 0 Å². The SMILES string of the molecule is CCCNCc1ccnc(N2CCN(C)C(C)C2)c1F. The summed E-state index contributed by atoms with van der Waals surface area (Å²) in [5.41, 5.74) is 0.704. The van der Waals surface area contributed by atoms with Gasteiger partial charge in [-0.2, -0.15) is 0 Å². The lowest BCUT2D eigenvalue weighted by Crippen LogP contribution is -2.50. The van der Waals surface area contributed by atoms with Gasteiger partial charge >= 0.3 is 0 Å². The van der Waals surface area contributed by atoms with Crippen LogP contribution in [-0.2, 0) is 6.54 Å². The van der Waals surface area contributed by atoms with Crippen LogP contribution in [0.25, 0.3) is 0 Å². The summed E-state index contributed by atoms with van der Waals surface area (Å²) < 4.78 is 14.6. The van der Waals surface area contributed by atoms with Gasteiger partial charge in [0, 0.05) is 44.0 Å². The highest BCUT2D eigenvalue weighted by Crippen LogP contribution is 2.22. The molecular formula is C15H25FN4. The lowest BCUT2D eigenvalue weighted by molar-refractivity contribution is 0.232. The van der Waals surface area contributed by atoms with Crippen molar-refractivity contribution >= 4 is 5.82 Å². The van der Waals surface area contributed by atoms with E-state index in [1.165, 1.54) is 0 Å². The van der Waals surface area contributed by atoms with E-state index in [1.807, 2.05) is 0 Å². The number of halogens is 1. The predicted octanol–water partition coefficient (Wildman–Crippen LogP) is 1.86. The molecule has 1 fully saturated rings. The van der Waals surface area contributed by atoms with Gasteiger partial charge in [0.2, 0.25) is 0 Å². The molecule has 5 heteroatoms.